The van der Waals surface area contributed by atoms with Crippen molar-refractivity contribution >= 4 is 42.5 Å². The van der Waals surface area contributed by atoms with E-state index in [1.165, 1.54) is 21.0 Å². The Kier molecular flexibility index (Phi) is 5.64. The van der Waals surface area contributed by atoms with Crippen molar-refractivity contribution < 1.29 is 0 Å². The number of thiophene rings is 1. The van der Waals surface area contributed by atoms with E-state index in [9.17, 15) is 0 Å². The number of hydrogen-bond donors (Lipinski definition) is 0. The molecule has 0 spiro atoms. The van der Waals surface area contributed by atoms with Crippen molar-refractivity contribution in [2.24, 2.45) is 0 Å². The van der Waals surface area contributed by atoms with Crippen LogP contribution in [0.3, 0.4) is 0 Å². The Morgan fingerprint density at radius 2 is 1.02 bits per heavy atom. The molecule has 3 heterocycles. The molecule has 0 amide bonds. The largest absolute Gasteiger partial charge is 0.237 e. The van der Waals surface area contributed by atoms with Gasteiger partial charge in [0.2, 0.25) is 0 Å². The van der Waals surface area contributed by atoms with Crippen LogP contribution >= 0.6 is 11.3 Å². The van der Waals surface area contributed by atoms with Gasteiger partial charge in [0, 0.05) is 43.1 Å². The van der Waals surface area contributed by atoms with Gasteiger partial charge >= 0.3 is 0 Å². The Hall–Kier alpha value is -5.19. The molecule has 8 aromatic rings. The van der Waals surface area contributed by atoms with Crippen LogP contribution in [-0.4, -0.2) is 15.0 Å². The van der Waals surface area contributed by atoms with Crippen LogP contribution in [0.25, 0.3) is 76.2 Å². The van der Waals surface area contributed by atoms with E-state index in [0.29, 0.717) is 5.82 Å². The Bertz CT molecular complexity index is 2140. The molecule has 0 radical (unpaired) electrons. The van der Waals surface area contributed by atoms with E-state index >= 15 is 0 Å². The van der Waals surface area contributed by atoms with Crippen LogP contribution in [0.15, 0.2) is 140 Å². The number of rotatable bonds is 4. The highest BCUT2D eigenvalue weighted by Crippen LogP contribution is 2.45. The standard InChI is InChI=1S/C37H23N3S/c1-3-13-24(14-4-1)31-23-32(25-15-5-2-6-16-25)39-36(38-31)27-18-8-7-17-26(27)34-28-19-9-11-21-30(28)40-37-35(34)29-20-10-12-22-33(29)41-37/h1-23H. The Morgan fingerprint density at radius 3 is 1.73 bits per heavy atom. The third-order valence-corrected chi connectivity index (χ3v) is 8.59. The highest BCUT2D eigenvalue weighted by atomic mass is 32.1. The van der Waals surface area contributed by atoms with E-state index in [1.54, 1.807) is 11.3 Å². The fourth-order valence-electron chi connectivity index (χ4n) is 5.64. The molecule has 0 saturated carbocycles. The number of fused-ring (bicyclic) bond motifs is 4. The molecule has 192 valence electrons. The monoisotopic (exact) mass is 541 g/mol. The number of pyridine rings is 1. The molecule has 5 aromatic carbocycles. The zero-order valence-corrected chi connectivity index (χ0v) is 22.8. The predicted molar refractivity (Wildman–Crippen MR) is 172 cm³/mol. The zero-order valence-electron chi connectivity index (χ0n) is 22.0. The second-order valence-electron chi connectivity index (χ2n) is 10.0. The minimum atomic E-state index is 0.703. The summed E-state index contributed by atoms with van der Waals surface area (Å²) in [4.78, 5) is 16.5. The van der Waals surface area contributed by atoms with Gasteiger partial charge in [-0.2, -0.15) is 0 Å². The second-order valence-corrected chi connectivity index (χ2v) is 11.1. The highest BCUT2D eigenvalue weighted by Gasteiger charge is 2.20. The van der Waals surface area contributed by atoms with Crippen molar-refractivity contribution in [1.82, 2.24) is 15.0 Å². The lowest BCUT2D eigenvalue weighted by molar-refractivity contribution is 1.18. The molecule has 0 N–H and O–H groups in total. The zero-order chi connectivity index (χ0) is 27.2. The first-order chi connectivity index (χ1) is 20.3. The van der Waals surface area contributed by atoms with Crippen molar-refractivity contribution in [2.45, 2.75) is 0 Å². The van der Waals surface area contributed by atoms with Crippen LogP contribution in [0, 0.1) is 0 Å². The molecular weight excluding hydrogens is 518 g/mol. The maximum absolute atomic E-state index is 5.17. The number of para-hydroxylation sites is 1. The quantitative estimate of drug-likeness (QED) is 0.222. The molecule has 0 fully saturated rings. The summed E-state index contributed by atoms with van der Waals surface area (Å²) in [6.07, 6.45) is 0. The van der Waals surface area contributed by atoms with Gasteiger partial charge in [0.05, 0.1) is 16.9 Å². The first-order valence-corrected chi connectivity index (χ1v) is 14.4. The molecule has 0 saturated heterocycles. The Labute approximate surface area is 241 Å². The normalized spacial score (nSPS) is 11.4. The first-order valence-electron chi connectivity index (χ1n) is 13.6. The minimum absolute atomic E-state index is 0.703. The lowest BCUT2D eigenvalue weighted by Gasteiger charge is -2.15. The van der Waals surface area contributed by atoms with Crippen molar-refractivity contribution in [2.75, 3.05) is 0 Å². The highest BCUT2D eigenvalue weighted by molar-refractivity contribution is 7.25. The maximum Gasteiger partial charge on any atom is 0.161 e. The Balaban J connectivity index is 1.46. The van der Waals surface area contributed by atoms with Crippen LogP contribution in [0.1, 0.15) is 0 Å². The topological polar surface area (TPSA) is 38.7 Å². The molecule has 41 heavy (non-hydrogen) atoms. The van der Waals surface area contributed by atoms with Crippen LogP contribution in [-0.2, 0) is 0 Å². The van der Waals surface area contributed by atoms with Crippen LogP contribution in [0.2, 0.25) is 0 Å². The lowest BCUT2D eigenvalue weighted by Crippen LogP contribution is -1.98. The lowest BCUT2D eigenvalue weighted by atomic mass is 9.92. The van der Waals surface area contributed by atoms with Gasteiger partial charge in [-0.3, -0.25) is 0 Å². The van der Waals surface area contributed by atoms with Gasteiger partial charge in [-0.05, 0) is 23.8 Å². The molecule has 4 heteroatoms. The van der Waals surface area contributed by atoms with E-state index in [4.69, 9.17) is 15.0 Å². The molecule has 0 aliphatic rings. The Morgan fingerprint density at radius 1 is 0.463 bits per heavy atom. The number of hydrogen-bond acceptors (Lipinski definition) is 4. The van der Waals surface area contributed by atoms with E-state index in [2.05, 4.69) is 127 Å². The summed E-state index contributed by atoms with van der Waals surface area (Å²) in [6.45, 7) is 0. The fraction of sp³-hybridized carbons (Fsp3) is 0. The molecule has 0 unspecified atom stereocenters. The van der Waals surface area contributed by atoms with Gasteiger partial charge in [0.15, 0.2) is 5.82 Å². The first kappa shape index (κ1) is 23.7. The van der Waals surface area contributed by atoms with Crippen molar-refractivity contribution in [3.8, 4) is 45.0 Å². The summed E-state index contributed by atoms with van der Waals surface area (Å²) in [5, 5.41) is 3.53. The molecule has 3 nitrogen and oxygen atoms in total. The molecule has 0 bridgehead atoms. The summed E-state index contributed by atoms with van der Waals surface area (Å²) in [5.41, 5.74) is 8.18. The average Bonchev–Trinajstić information content (AvgIpc) is 3.42. The molecule has 3 aromatic heterocycles. The summed E-state index contributed by atoms with van der Waals surface area (Å²) >= 11 is 1.74. The maximum atomic E-state index is 5.17. The van der Waals surface area contributed by atoms with Crippen LogP contribution in [0.5, 0.6) is 0 Å². The third-order valence-electron chi connectivity index (χ3n) is 7.52. The number of nitrogens with zero attached hydrogens (tertiary/aromatic N) is 3. The second kappa shape index (κ2) is 9.77. The van der Waals surface area contributed by atoms with Gasteiger partial charge in [-0.25, -0.2) is 15.0 Å². The SMILES string of the molecule is c1ccc(-c2cc(-c3ccccc3)nc(-c3ccccc3-c3c4ccccc4nc4sc5ccccc5c34)n2)cc1. The summed E-state index contributed by atoms with van der Waals surface area (Å²) in [5.74, 6) is 0.703. The van der Waals surface area contributed by atoms with Crippen molar-refractivity contribution in [1.29, 1.82) is 0 Å². The molecule has 8 rings (SSSR count). The molecule has 0 atom stereocenters. The van der Waals surface area contributed by atoms with Crippen molar-refractivity contribution in [3.63, 3.8) is 0 Å². The summed E-state index contributed by atoms with van der Waals surface area (Å²) in [7, 11) is 0. The van der Waals surface area contributed by atoms with E-state index in [1.807, 2.05) is 12.1 Å². The molecule has 0 aliphatic heterocycles. The predicted octanol–water partition coefficient (Wildman–Crippen LogP) is 10.1. The minimum Gasteiger partial charge on any atom is -0.237 e. The van der Waals surface area contributed by atoms with Crippen LogP contribution in [0.4, 0.5) is 0 Å². The third kappa shape index (κ3) is 4.08. The van der Waals surface area contributed by atoms with Gasteiger partial charge < -0.3 is 0 Å². The van der Waals surface area contributed by atoms with Gasteiger partial charge in [-0.1, -0.05) is 121 Å². The van der Waals surface area contributed by atoms with Crippen LogP contribution < -0.4 is 0 Å². The van der Waals surface area contributed by atoms with E-state index in [-0.39, 0.29) is 0 Å². The average molecular weight is 542 g/mol. The number of benzene rings is 5. The van der Waals surface area contributed by atoms with Gasteiger partial charge in [0.1, 0.15) is 4.83 Å². The van der Waals surface area contributed by atoms with Gasteiger partial charge in [0.25, 0.3) is 0 Å². The number of aromatic nitrogens is 3. The molecule has 0 aliphatic carbocycles. The van der Waals surface area contributed by atoms with E-state index < -0.39 is 0 Å². The smallest absolute Gasteiger partial charge is 0.161 e. The van der Waals surface area contributed by atoms with E-state index in [0.717, 1.165) is 49.4 Å². The molecular formula is C37H23N3S. The van der Waals surface area contributed by atoms with Gasteiger partial charge in [-0.15, -0.1) is 11.3 Å². The fourth-order valence-corrected chi connectivity index (χ4v) is 6.73. The summed E-state index contributed by atoms with van der Waals surface area (Å²) in [6, 6.07) is 48.3. The van der Waals surface area contributed by atoms with Crippen molar-refractivity contribution in [3.05, 3.63) is 140 Å². The summed E-state index contributed by atoms with van der Waals surface area (Å²) < 4.78 is 1.23.